The Balaban J connectivity index is 1.33. The number of amides is 2. The second-order valence-electron chi connectivity index (χ2n) is 7.72. The number of likely N-dealkylation sites (tertiary alicyclic amines) is 1. The third-order valence-electron chi connectivity index (χ3n) is 5.90. The number of fused-ring (bicyclic) bond motifs is 3. The van der Waals surface area contributed by atoms with E-state index in [-0.39, 0.29) is 11.8 Å². The summed E-state index contributed by atoms with van der Waals surface area (Å²) in [5.74, 6) is -0.185. The number of nitrogens with zero attached hydrogens (tertiary/aromatic N) is 1. The van der Waals surface area contributed by atoms with Crippen LogP contribution in [-0.2, 0) is 11.2 Å². The number of nitrogens with one attached hydrogen (secondary N) is 1. The zero-order chi connectivity index (χ0) is 19.8. The van der Waals surface area contributed by atoms with E-state index in [1.165, 1.54) is 22.3 Å². The SMILES string of the molecule is O=C(Nc1ccc2c(c1)Cc1ccccc1-2)[C@@H]1CCCN1C(=O)c1ccccc1. The summed E-state index contributed by atoms with van der Waals surface area (Å²) in [6.07, 6.45) is 2.42. The molecule has 4 heteroatoms. The zero-order valence-corrected chi connectivity index (χ0v) is 16.1. The van der Waals surface area contributed by atoms with Gasteiger partial charge < -0.3 is 10.2 Å². The molecule has 0 unspecified atom stereocenters. The first-order chi connectivity index (χ1) is 14.2. The summed E-state index contributed by atoms with van der Waals surface area (Å²) in [7, 11) is 0. The minimum Gasteiger partial charge on any atom is -0.327 e. The number of anilines is 1. The lowest BCUT2D eigenvalue weighted by Crippen LogP contribution is -2.43. The molecule has 1 heterocycles. The van der Waals surface area contributed by atoms with Crippen molar-refractivity contribution in [3.8, 4) is 11.1 Å². The van der Waals surface area contributed by atoms with E-state index in [4.69, 9.17) is 0 Å². The van der Waals surface area contributed by atoms with E-state index in [1.54, 1.807) is 17.0 Å². The van der Waals surface area contributed by atoms with Crippen LogP contribution in [0, 0.1) is 0 Å². The Hall–Kier alpha value is -3.40. The molecule has 5 rings (SSSR count). The van der Waals surface area contributed by atoms with E-state index in [9.17, 15) is 9.59 Å². The lowest BCUT2D eigenvalue weighted by atomic mass is 10.1. The second-order valence-corrected chi connectivity index (χ2v) is 7.72. The van der Waals surface area contributed by atoms with Crippen LogP contribution in [0.3, 0.4) is 0 Å². The van der Waals surface area contributed by atoms with Gasteiger partial charge in [0.2, 0.25) is 5.91 Å². The van der Waals surface area contributed by atoms with E-state index in [1.807, 2.05) is 24.3 Å². The number of benzene rings is 3. The largest absolute Gasteiger partial charge is 0.327 e. The molecule has 0 spiro atoms. The molecule has 0 bridgehead atoms. The summed E-state index contributed by atoms with van der Waals surface area (Å²) in [4.78, 5) is 27.5. The maximum absolute atomic E-state index is 13.0. The van der Waals surface area contributed by atoms with Crippen LogP contribution < -0.4 is 5.32 Å². The third kappa shape index (κ3) is 3.21. The van der Waals surface area contributed by atoms with Crippen molar-refractivity contribution in [2.45, 2.75) is 25.3 Å². The molecule has 2 amide bonds. The van der Waals surface area contributed by atoms with E-state index < -0.39 is 6.04 Å². The molecule has 1 N–H and O–H groups in total. The second kappa shape index (κ2) is 7.21. The molecule has 1 fully saturated rings. The molecule has 4 nitrogen and oxygen atoms in total. The van der Waals surface area contributed by atoms with Crippen molar-refractivity contribution in [3.63, 3.8) is 0 Å². The van der Waals surface area contributed by atoms with Gasteiger partial charge in [0.1, 0.15) is 6.04 Å². The van der Waals surface area contributed by atoms with Crippen LogP contribution in [-0.4, -0.2) is 29.3 Å². The molecule has 29 heavy (non-hydrogen) atoms. The normalized spacial score (nSPS) is 17.0. The van der Waals surface area contributed by atoms with Gasteiger partial charge in [0.15, 0.2) is 0 Å². The van der Waals surface area contributed by atoms with Crippen LogP contribution >= 0.6 is 0 Å². The molecule has 0 aromatic heterocycles. The van der Waals surface area contributed by atoms with Crippen LogP contribution in [0.25, 0.3) is 11.1 Å². The summed E-state index contributed by atoms with van der Waals surface area (Å²) < 4.78 is 0. The molecule has 0 saturated carbocycles. The molecular weight excluding hydrogens is 360 g/mol. The molecule has 1 atom stereocenters. The zero-order valence-electron chi connectivity index (χ0n) is 16.1. The molecule has 2 aliphatic rings. The molecule has 0 radical (unpaired) electrons. The number of hydrogen-bond acceptors (Lipinski definition) is 2. The lowest BCUT2D eigenvalue weighted by Gasteiger charge is -2.24. The third-order valence-corrected chi connectivity index (χ3v) is 5.90. The van der Waals surface area contributed by atoms with Gasteiger partial charge in [0, 0.05) is 17.8 Å². The number of carbonyl (C=O) groups excluding carboxylic acids is 2. The number of hydrogen-bond donors (Lipinski definition) is 1. The van der Waals surface area contributed by atoms with Crippen molar-refractivity contribution in [1.82, 2.24) is 4.90 Å². The van der Waals surface area contributed by atoms with Gasteiger partial charge in [-0.05, 0) is 65.8 Å². The molecule has 1 saturated heterocycles. The molecule has 144 valence electrons. The Morgan fingerprint density at radius 2 is 1.62 bits per heavy atom. The summed E-state index contributed by atoms with van der Waals surface area (Å²) in [5.41, 5.74) is 6.48. The molecular formula is C25H22N2O2. The predicted octanol–water partition coefficient (Wildman–Crippen LogP) is 4.50. The maximum atomic E-state index is 13.0. The average molecular weight is 382 g/mol. The van der Waals surface area contributed by atoms with E-state index in [2.05, 4.69) is 41.7 Å². The van der Waals surface area contributed by atoms with Gasteiger partial charge in [-0.2, -0.15) is 0 Å². The summed E-state index contributed by atoms with van der Waals surface area (Å²) >= 11 is 0. The van der Waals surface area contributed by atoms with Gasteiger partial charge in [-0.15, -0.1) is 0 Å². The number of carbonyl (C=O) groups is 2. The first kappa shape index (κ1) is 17.7. The minimum absolute atomic E-state index is 0.0762. The highest BCUT2D eigenvalue weighted by Crippen LogP contribution is 2.37. The highest BCUT2D eigenvalue weighted by Gasteiger charge is 2.34. The van der Waals surface area contributed by atoms with Gasteiger partial charge in [-0.25, -0.2) is 0 Å². The predicted molar refractivity (Wildman–Crippen MR) is 114 cm³/mol. The Morgan fingerprint density at radius 1 is 0.862 bits per heavy atom. The van der Waals surface area contributed by atoms with E-state index in [0.717, 1.165) is 18.5 Å². The first-order valence-electron chi connectivity index (χ1n) is 10.1. The summed E-state index contributed by atoms with van der Waals surface area (Å²) in [6, 6.07) is 23.3. The molecule has 3 aromatic carbocycles. The summed E-state index contributed by atoms with van der Waals surface area (Å²) in [6.45, 7) is 0.616. The van der Waals surface area contributed by atoms with Crippen molar-refractivity contribution in [3.05, 3.63) is 89.5 Å². The fourth-order valence-corrected chi connectivity index (χ4v) is 4.48. The smallest absolute Gasteiger partial charge is 0.254 e. The van der Waals surface area contributed by atoms with Gasteiger partial charge in [0.25, 0.3) is 5.91 Å². The van der Waals surface area contributed by atoms with Crippen LogP contribution in [0.15, 0.2) is 72.8 Å². The van der Waals surface area contributed by atoms with Gasteiger partial charge in [0.05, 0.1) is 0 Å². The average Bonchev–Trinajstić information content (AvgIpc) is 3.38. The monoisotopic (exact) mass is 382 g/mol. The van der Waals surface area contributed by atoms with Crippen molar-refractivity contribution >= 4 is 17.5 Å². The van der Waals surface area contributed by atoms with E-state index in [0.29, 0.717) is 18.5 Å². The maximum Gasteiger partial charge on any atom is 0.254 e. The summed E-state index contributed by atoms with van der Waals surface area (Å²) in [5, 5.41) is 3.04. The van der Waals surface area contributed by atoms with Crippen LogP contribution in [0.4, 0.5) is 5.69 Å². The van der Waals surface area contributed by atoms with Gasteiger partial charge in [-0.3, -0.25) is 9.59 Å². The Labute approximate surface area is 170 Å². The fourth-order valence-electron chi connectivity index (χ4n) is 4.48. The Bertz CT molecular complexity index is 1090. The van der Waals surface area contributed by atoms with E-state index >= 15 is 0 Å². The van der Waals surface area contributed by atoms with Crippen molar-refractivity contribution in [2.75, 3.05) is 11.9 Å². The fraction of sp³-hybridized carbons (Fsp3) is 0.200. The van der Waals surface area contributed by atoms with Crippen LogP contribution in [0.2, 0.25) is 0 Å². The van der Waals surface area contributed by atoms with Crippen molar-refractivity contribution in [2.24, 2.45) is 0 Å². The lowest BCUT2D eigenvalue weighted by molar-refractivity contribution is -0.119. The Morgan fingerprint density at radius 3 is 2.48 bits per heavy atom. The molecule has 1 aliphatic carbocycles. The van der Waals surface area contributed by atoms with Gasteiger partial charge >= 0.3 is 0 Å². The van der Waals surface area contributed by atoms with Crippen LogP contribution in [0.1, 0.15) is 34.3 Å². The first-order valence-corrected chi connectivity index (χ1v) is 10.1. The topological polar surface area (TPSA) is 49.4 Å². The standard InChI is InChI=1S/C25H22N2O2/c28-24(23-11-6-14-27(23)25(29)17-7-2-1-3-8-17)26-20-12-13-22-19(16-20)15-18-9-4-5-10-21(18)22/h1-5,7-10,12-13,16,23H,6,11,14-15H2,(H,26,28)/t23-/m0/s1. The van der Waals surface area contributed by atoms with Crippen LogP contribution in [0.5, 0.6) is 0 Å². The van der Waals surface area contributed by atoms with Crippen molar-refractivity contribution < 1.29 is 9.59 Å². The highest BCUT2D eigenvalue weighted by atomic mass is 16.2. The molecule has 1 aliphatic heterocycles. The van der Waals surface area contributed by atoms with Crippen molar-refractivity contribution in [1.29, 1.82) is 0 Å². The molecule has 3 aromatic rings. The quantitative estimate of drug-likeness (QED) is 0.567. The number of rotatable bonds is 3. The Kier molecular flexibility index (Phi) is 4.39. The minimum atomic E-state index is -0.423. The van der Waals surface area contributed by atoms with Gasteiger partial charge in [-0.1, -0.05) is 48.5 Å². The highest BCUT2D eigenvalue weighted by molar-refractivity contribution is 6.01.